The number of rotatable bonds is 7. The van der Waals surface area contributed by atoms with Gasteiger partial charge < -0.3 is 20.5 Å². The highest BCUT2D eigenvalue weighted by Crippen LogP contribution is 2.18. The Kier molecular flexibility index (Phi) is 4.91. The van der Waals surface area contributed by atoms with Crippen LogP contribution in [0.1, 0.15) is 34.1 Å². The molecule has 17 heavy (non-hydrogen) atoms. The highest BCUT2D eigenvalue weighted by Gasteiger charge is 2.34. The first-order chi connectivity index (χ1) is 7.83. The molecular weight excluding hydrogens is 220 g/mol. The average Bonchev–Trinajstić information content (AvgIpc) is 2.09. The molecule has 0 aromatic carbocycles. The lowest BCUT2D eigenvalue weighted by Gasteiger charge is -2.35. The molecule has 0 aliphatic carbocycles. The molecule has 0 radical (unpaired) electrons. The Balaban J connectivity index is 2.49. The minimum atomic E-state index is -0.724. The first-order valence-corrected chi connectivity index (χ1v) is 6.14. The van der Waals surface area contributed by atoms with Crippen LogP contribution in [0.15, 0.2) is 0 Å². The van der Waals surface area contributed by atoms with Crippen molar-refractivity contribution in [3.05, 3.63) is 0 Å². The maximum Gasteiger partial charge on any atom is 0.237 e. The molecule has 1 saturated heterocycles. The summed E-state index contributed by atoms with van der Waals surface area (Å²) in [5.41, 5.74) is 4.74. The van der Waals surface area contributed by atoms with Gasteiger partial charge in [-0.15, -0.1) is 0 Å². The van der Waals surface area contributed by atoms with Crippen LogP contribution in [0.3, 0.4) is 0 Å². The minimum absolute atomic E-state index is 0.0207. The number of nitrogens with two attached hydrogens (primary N) is 1. The van der Waals surface area contributed by atoms with Crippen LogP contribution in [0.2, 0.25) is 0 Å². The first kappa shape index (κ1) is 14.4. The molecule has 0 saturated carbocycles. The van der Waals surface area contributed by atoms with Crippen molar-refractivity contribution in [2.24, 2.45) is 5.73 Å². The summed E-state index contributed by atoms with van der Waals surface area (Å²) in [7, 11) is 0. The lowest BCUT2D eigenvalue weighted by Crippen LogP contribution is -2.57. The molecule has 1 rings (SSSR count). The van der Waals surface area contributed by atoms with Gasteiger partial charge in [0.25, 0.3) is 0 Å². The van der Waals surface area contributed by atoms with E-state index in [4.69, 9.17) is 15.2 Å². The van der Waals surface area contributed by atoms with Gasteiger partial charge in [-0.05, 0) is 27.7 Å². The van der Waals surface area contributed by atoms with E-state index in [0.717, 1.165) is 0 Å². The van der Waals surface area contributed by atoms with Gasteiger partial charge >= 0.3 is 0 Å². The fourth-order valence-corrected chi connectivity index (χ4v) is 2.11. The molecule has 100 valence electrons. The number of carbonyl (C=O) groups excluding carboxylic acids is 1. The van der Waals surface area contributed by atoms with Crippen LogP contribution >= 0.6 is 0 Å². The maximum atomic E-state index is 11.5. The molecule has 0 aromatic heterocycles. The lowest BCUT2D eigenvalue weighted by molar-refractivity contribution is -0.157. The Labute approximate surface area is 103 Å². The Bertz CT molecular complexity index is 266. The third kappa shape index (κ3) is 4.26. The smallest absolute Gasteiger partial charge is 0.237 e. The topological polar surface area (TPSA) is 73.6 Å². The van der Waals surface area contributed by atoms with Gasteiger partial charge in [0.05, 0.1) is 24.9 Å². The summed E-state index contributed by atoms with van der Waals surface area (Å²) < 4.78 is 10.8. The van der Waals surface area contributed by atoms with E-state index in [0.29, 0.717) is 19.6 Å². The molecule has 1 aliphatic heterocycles. The van der Waals surface area contributed by atoms with Crippen LogP contribution in [0, 0.1) is 0 Å². The minimum Gasteiger partial charge on any atom is -0.376 e. The molecule has 2 atom stereocenters. The van der Waals surface area contributed by atoms with E-state index < -0.39 is 5.54 Å². The molecule has 0 spiro atoms. The Morgan fingerprint density at radius 3 is 2.47 bits per heavy atom. The Hall–Kier alpha value is -0.650. The summed E-state index contributed by atoms with van der Waals surface area (Å²) in [5, 5.41) is 3.21. The monoisotopic (exact) mass is 244 g/mol. The summed E-state index contributed by atoms with van der Waals surface area (Å²) in [6.07, 6.45) is 0.714. The fraction of sp³-hybridized carbons (Fsp3) is 0.917. The van der Waals surface area contributed by atoms with E-state index in [2.05, 4.69) is 5.32 Å². The van der Waals surface area contributed by atoms with Crippen LogP contribution in [0.25, 0.3) is 0 Å². The van der Waals surface area contributed by atoms with Crippen molar-refractivity contribution in [1.82, 2.24) is 5.32 Å². The van der Waals surface area contributed by atoms with Gasteiger partial charge in [0.2, 0.25) is 5.91 Å². The SMILES string of the molecule is CC(C)NC(C)(CC(C)OC1COC1)C(N)=O. The lowest BCUT2D eigenvalue weighted by atomic mass is 9.93. The van der Waals surface area contributed by atoms with E-state index >= 15 is 0 Å². The summed E-state index contributed by atoms with van der Waals surface area (Å²) in [5.74, 6) is -0.341. The summed E-state index contributed by atoms with van der Waals surface area (Å²) in [4.78, 5) is 11.5. The third-order valence-corrected chi connectivity index (χ3v) is 2.88. The van der Waals surface area contributed by atoms with Gasteiger partial charge in [-0.1, -0.05) is 0 Å². The van der Waals surface area contributed by atoms with E-state index in [9.17, 15) is 4.79 Å². The quantitative estimate of drug-likeness (QED) is 0.681. The summed E-state index contributed by atoms with van der Waals surface area (Å²) in [6.45, 7) is 9.07. The van der Waals surface area contributed by atoms with Crippen molar-refractivity contribution in [1.29, 1.82) is 0 Å². The predicted octanol–water partition coefficient (Wildman–Crippen LogP) is 0.422. The molecular formula is C12H24N2O3. The molecule has 0 aromatic rings. The van der Waals surface area contributed by atoms with E-state index in [1.54, 1.807) is 0 Å². The highest BCUT2D eigenvalue weighted by atomic mass is 16.6. The van der Waals surface area contributed by atoms with Gasteiger partial charge in [0, 0.05) is 12.5 Å². The molecule has 1 heterocycles. The zero-order valence-electron chi connectivity index (χ0n) is 11.2. The second-order valence-corrected chi connectivity index (χ2v) is 5.31. The molecule has 3 N–H and O–H groups in total. The molecule has 1 fully saturated rings. The van der Waals surface area contributed by atoms with Gasteiger partial charge in [0.15, 0.2) is 0 Å². The van der Waals surface area contributed by atoms with Crippen LogP contribution in [0.4, 0.5) is 0 Å². The van der Waals surface area contributed by atoms with Crippen molar-refractivity contribution in [3.63, 3.8) is 0 Å². The van der Waals surface area contributed by atoms with E-state index in [-0.39, 0.29) is 24.2 Å². The predicted molar refractivity (Wildman–Crippen MR) is 65.6 cm³/mol. The van der Waals surface area contributed by atoms with E-state index in [1.165, 1.54) is 0 Å². The standard InChI is InChI=1S/C12H24N2O3/c1-8(2)14-12(4,11(13)15)5-9(3)17-10-6-16-7-10/h8-10,14H,5-7H2,1-4H3,(H2,13,15). The van der Waals surface area contributed by atoms with Crippen LogP contribution in [-0.2, 0) is 14.3 Å². The second-order valence-electron chi connectivity index (χ2n) is 5.31. The number of nitrogens with one attached hydrogen (secondary N) is 1. The normalized spacial score (nSPS) is 21.9. The number of primary amides is 1. The third-order valence-electron chi connectivity index (χ3n) is 2.88. The largest absolute Gasteiger partial charge is 0.376 e. The zero-order valence-corrected chi connectivity index (χ0v) is 11.2. The number of ether oxygens (including phenoxy) is 2. The highest BCUT2D eigenvalue weighted by molar-refractivity contribution is 5.84. The van der Waals surface area contributed by atoms with Crippen LogP contribution < -0.4 is 11.1 Å². The van der Waals surface area contributed by atoms with Gasteiger partial charge in [-0.2, -0.15) is 0 Å². The number of amides is 1. The van der Waals surface area contributed by atoms with Crippen molar-refractivity contribution < 1.29 is 14.3 Å². The van der Waals surface area contributed by atoms with Crippen LogP contribution in [0.5, 0.6) is 0 Å². The average molecular weight is 244 g/mol. The first-order valence-electron chi connectivity index (χ1n) is 6.14. The molecule has 5 heteroatoms. The Morgan fingerprint density at radius 2 is 2.12 bits per heavy atom. The molecule has 5 nitrogen and oxygen atoms in total. The summed E-state index contributed by atoms with van der Waals surface area (Å²) in [6, 6.07) is 0.201. The second kappa shape index (κ2) is 5.80. The van der Waals surface area contributed by atoms with Crippen molar-refractivity contribution in [3.8, 4) is 0 Å². The molecule has 1 aliphatic rings. The van der Waals surface area contributed by atoms with Gasteiger partial charge in [0.1, 0.15) is 6.10 Å². The molecule has 0 bridgehead atoms. The maximum absolute atomic E-state index is 11.5. The van der Waals surface area contributed by atoms with Crippen molar-refractivity contribution >= 4 is 5.91 Å². The zero-order chi connectivity index (χ0) is 13.1. The van der Waals surface area contributed by atoms with Gasteiger partial charge in [-0.25, -0.2) is 0 Å². The number of hydrogen-bond donors (Lipinski definition) is 2. The molecule has 1 amide bonds. The van der Waals surface area contributed by atoms with E-state index in [1.807, 2.05) is 27.7 Å². The number of carbonyl (C=O) groups is 1. The van der Waals surface area contributed by atoms with Crippen molar-refractivity contribution in [2.45, 2.75) is 57.9 Å². The Morgan fingerprint density at radius 1 is 1.53 bits per heavy atom. The fourth-order valence-electron chi connectivity index (χ4n) is 2.11. The van der Waals surface area contributed by atoms with Gasteiger partial charge in [-0.3, -0.25) is 4.79 Å². The number of hydrogen-bond acceptors (Lipinski definition) is 4. The molecule has 2 unspecified atom stereocenters. The van der Waals surface area contributed by atoms with Crippen LogP contribution in [-0.4, -0.2) is 42.9 Å². The van der Waals surface area contributed by atoms with Crippen molar-refractivity contribution in [2.75, 3.05) is 13.2 Å². The summed E-state index contributed by atoms with van der Waals surface area (Å²) >= 11 is 0.